The van der Waals surface area contributed by atoms with Gasteiger partial charge in [-0.25, -0.2) is 4.79 Å². The van der Waals surface area contributed by atoms with Gasteiger partial charge in [0.15, 0.2) is 6.04 Å². The number of hydrogen-bond acceptors (Lipinski definition) is 4. The van der Waals surface area contributed by atoms with Crippen LogP contribution >= 0.6 is 0 Å². The first-order valence-electron chi connectivity index (χ1n) is 5.85. The fourth-order valence-electron chi connectivity index (χ4n) is 1.90. The number of ether oxygens (including phenoxy) is 1. The second kappa shape index (κ2) is 7.24. The first-order valence-corrected chi connectivity index (χ1v) is 5.85. The van der Waals surface area contributed by atoms with Crippen molar-refractivity contribution >= 4 is 11.9 Å². The zero-order chi connectivity index (χ0) is 12.7. The van der Waals surface area contributed by atoms with E-state index in [9.17, 15) is 9.59 Å². The van der Waals surface area contributed by atoms with E-state index in [1.165, 1.54) is 7.11 Å². The SMILES string of the molecule is COCC(NC(=O)CCC1CCNC1)C(=O)O. The van der Waals surface area contributed by atoms with Crippen molar-refractivity contribution in [3.8, 4) is 0 Å². The van der Waals surface area contributed by atoms with Gasteiger partial charge in [0.1, 0.15) is 0 Å². The molecule has 6 nitrogen and oxygen atoms in total. The van der Waals surface area contributed by atoms with Crippen LogP contribution in [-0.4, -0.2) is 49.8 Å². The van der Waals surface area contributed by atoms with Gasteiger partial charge in [-0.05, 0) is 31.8 Å². The van der Waals surface area contributed by atoms with Crippen molar-refractivity contribution in [3.05, 3.63) is 0 Å². The van der Waals surface area contributed by atoms with Crippen molar-refractivity contribution in [2.45, 2.75) is 25.3 Å². The maximum absolute atomic E-state index is 11.5. The van der Waals surface area contributed by atoms with Gasteiger partial charge in [0.05, 0.1) is 6.61 Å². The third-order valence-corrected chi connectivity index (χ3v) is 2.91. The summed E-state index contributed by atoms with van der Waals surface area (Å²) in [5.74, 6) is -0.754. The van der Waals surface area contributed by atoms with E-state index < -0.39 is 12.0 Å². The molecule has 0 spiro atoms. The van der Waals surface area contributed by atoms with Crippen LogP contribution in [0.15, 0.2) is 0 Å². The molecular weight excluding hydrogens is 224 g/mol. The van der Waals surface area contributed by atoms with Gasteiger partial charge in [-0.1, -0.05) is 0 Å². The largest absolute Gasteiger partial charge is 0.480 e. The van der Waals surface area contributed by atoms with Crippen molar-refractivity contribution in [1.29, 1.82) is 0 Å². The molecule has 0 bridgehead atoms. The lowest BCUT2D eigenvalue weighted by Gasteiger charge is -2.14. The standard InChI is InChI=1S/C11H20N2O4/c1-17-7-9(11(15)16)13-10(14)3-2-8-4-5-12-6-8/h8-9,12H,2-7H2,1H3,(H,13,14)(H,15,16). The lowest BCUT2D eigenvalue weighted by Crippen LogP contribution is -2.43. The van der Waals surface area contributed by atoms with E-state index in [-0.39, 0.29) is 12.5 Å². The molecule has 2 unspecified atom stereocenters. The second-order valence-corrected chi connectivity index (χ2v) is 4.31. The van der Waals surface area contributed by atoms with Crippen LogP contribution in [0.2, 0.25) is 0 Å². The Morgan fingerprint density at radius 2 is 2.35 bits per heavy atom. The summed E-state index contributed by atoms with van der Waals surface area (Å²) in [6.45, 7) is 1.95. The number of nitrogens with one attached hydrogen (secondary N) is 2. The quantitative estimate of drug-likeness (QED) is 0.567. The summed E-state index contributed by atoms with van der Waals surface area (Å²) in [5.41, 5.74) is 0. The Kier molecular flexibility index (Phi) is 5.93. The van der Waals surface area contributed by atoms with Crippen molar-refractivity contribution < 1.29 is 19.4 Å². The minimum Gasteiger partial charge on any atom is -0.480 e. The molecule has 17 heavy (non-hydrogen) atoms. The molecule has 98 valence electrons. The number of carboxylic acid groups (broad SMARTS) is 1. The predicted molar refractivity (Wildman–Crippen MR) is 61.7 cm³/mol. The molecule has 6 heteroatoms. The van der Waals surface area contributed by atoms with Crippen LogP contribution in [0.5, 0.6) is 0 Å². The Labute approximate surface area is 101 Å². The molecule has 1 fully saturated rings. The summed E-state index contributed by atoms with van der Waals surface area (Å²) >= 11 is 0. The van der Waals surface area contributed by atoms with E-state index in [0.717, 1.165) is 25.9 Å². The number of amides is 1. The van der Waals surface area contributed by atoms with Crippen molar-refractivity contribution in [2.75, 3.05) is 26.8 Å². The van der Waals surface area contributed by atoms with Gasteiger partial charge in [-0.2, -0.15) is 0 Å². The van der Waals surface area contributed by atoms with Crippen molar-refractivity contribution in [1.82, 2.24) is 10.6 Å². The van der Waals surface area contributed by atoms with E-state index in [4.69, 9.17) is 9.84 Å². The molecule has 0 radical (unpaired) electrons. The van der Waals surface area contributed by atoms with Crippen LogP contribution < -0.4 is 10.6 Å². The maximum atomic E-state index is 11.5. The number of aliphatic carboxylic acids is 1. The summed E-state index contributed by atoms with van der Waals surface area (Å²) in [5, 5.41) is 14.5. The number of hydrogen-bond donors (Lipinski definition) is 3. The van der Waals surface area contributed by atoms with E-state index in [1.54, 1.807) is 0 Å². The van der Waals surface area contributed by atoms with Crippen LogP contribution in [0.3, 0.4) is 0 Å². The molecule has 1 aliphatic rings. The van der Waals surface area contributed by atoms with E-state index in [2.05, 4.69) is 10.6 Å². The summed E-state index contributed by atoms with van der Waals surface area (Å²) < 4.78 is 4.74. The Bertz CT molecular complexity index is 264. The molecular formula is C11H20N2O4. The van der Waals surface area contributed by atoms with E-state index >= 15 is 0 Å². The molecule has 0 aliphatic carbocycles. The average molecular weight is 244 g/mol. The van der Waals surface area contributed by atoms with Gasteiger partial charge < -0.3 is 20.5 Å². The molecule has 0 aromatic heterocycles. The molecule has 1 heterocycles. The Morgan fingerprint density at radius 1 is 1.59 bits per heavy atom. The topological polar surface area (TPSA) is 87.7 Å². The lowest BCUT2D eigenvalue weighted by molar-refractivity contribution is -0.143. The Hall–Kier alpha value is -1.14. The molecule has 1 saturated heterocycles. The van der Waals surface area contributed by atoms with Crippen LogP contribution in [-0.2, 0) is 14.3 Å². The third kappa shape index (κ3) is 5.14. The van der Waals surface area contributed by atoms with Gasteiger partial charge in [0.25, 0.3) is 0 Å². The molecule has 0 aromatic carbocycles. The molecule has 2 atom stereocenters. The van der Waals surface area contributed by atoms with E-state index in [0.29, 0.717) is 12.3 Å². The molecule has 0 saturated carbocycles. The first kappa shape index (κ1) is 13.9. The van der Waals surface area contributed by atoms with Gasteiger partial charge in [-0.15, -0.1) is 0 Å². The van der Waals surface area contributed by atoms with Crippen molar-refractivity contribution in [3.63, 3.8) is 0 Å². The molecule has 1 aliphatic heterocycles. The monoisotopic (exact) mass is 244 g/mol. The van der Waals surface area contributed by atoms with Gasteiger partial charge in [0.2, 0.25) is 5.91 Å². The summed E-state index contributed by atoms with van der Waals surface area (Å²) in [6, 6.07) is -0.950. The number of carboxylic acids is 1. The smallest absolute Gasteiger partial charge is 0.328 e. The van der Waals surface area contributed by atoms with Crippen LogP contribution in [0, 0.1) is 5.92 Å². The summed E-state index contributed by atoms with van der Waals surface area (Å²) in [6.07, 6.45) is 2.27. The zero-order valence-electron chi connectivity index (χ0n) is 10.1. The highest BCUT2D eigenvalue weighted by molar-refractivity contribution is 5.83. The normalized spacial score (nSPS) is 21.1. The minimum atomic E-state index is -1.07. The minimum absolute atomic E-state index is 0.00788. The fourth-order valence-corrected chi connectivity index (χ4v) is 1.90. The number of carbonyl (C=O) groups is 2. The number of methoxy groups -OCH3 is 1. The molecule has 0 aromatic rings. The Balaban J connectivity index is 2.23. The fraction of sp³-hybridized carbons (Fsp3) is 0.818. The maximum Gasteiger partial charge on any atom is 0.328 e. The number of carbonyl (C=O) groups excluding carboxylic acids is 1. The highest BCUT2D eigenvalue weighted by Gasteiger charge is 2.21. The van der Waals surface area contributed by atoms with Gasteiger partial charge in [0, 0.05) is 13.5 Å². The summed E-state index contributed by atoms with van der Waals surface area (Å²) in [4.78, 5) is 22.3. The lowest BCUT2D eigenvalue weighted by atomic mass is 10.0. The Morgan fingerprint density at radius 3 is 2.88 bits per heavy atom. The molecule has 1 rings (SSSR count). The van der Waals surface area contributed by atoms with Gasteiger partial charge in [-0.3, -0.25) is 4.79 Å². The average Bonchev–Trinajstić information content (AvgIpc) is 2.78. The van der Waals surface area contributed by atoms with E-state index in [1.807, 2.05) is 0 Å². The zero-order valence-corrected chi connectivity index (χ0v) is 10.1. The first-order chi connectivity index (χ1) is 8.13. The highest BCUT2D eigenvalue weighted by atomic mass is 16.5. The third-order valence-electron chi connectivity index (χ3n) is 2.91. The predicted octanol–water partition coefficient (Wildman–Crippen LogP) is -0.408. The van der Waals surface area contributed by atoms with Crippen molar-refractivity contribution in [2.24, 2.45) is 5.92 Å². The number of rotatable bonds is 7. The molecule has 1 amide bonds. The summed E-state index contributed by atoms with van der Waals surface area (Å²) in [7, 11) is 1.41. The second-order valence-electron chi connectivity index (χ2n) is 4.31. The van der Waals surface area contributed by atoms with Crippen LogP contribution in [0.1, 0.15) is 19.3 Å². The highest BCUT2D eigenvalue weighted by Crippen LogP contribution is 2.13. The van der Waals surface area contributed by atoms with Crippen LogP contribution in [0.4, 0.5) is 0 Å². The molecule has 3 N–H and O–H groups in total. The van der Waals surface area contributed by atoms with Crippen LogP contribution in [0.25, 0.3) is 0 Å². The van der Waals surface area contributed by atoms with Gasteiger partial charge >= 0.3 is 5.97 Å².